The maximum Gasteiger partial charge on any atom is -1.00 e. The third kappa shape index (κ3) is 26.6. The van der Waals surface area contributed by atoms with Gasteiger partial charge in [-0.1, -0.05) is 39.5 Å². The van der Waals surface area contributed by atoms with Crippen molar-refractivity contribution in [2.24, 2.45) is 11.8 Å². The molecule has 0 saturated carbocycles. The van der Waals surface area contributed by atoms with Gasteiger partial charge >= 0.3 is 37.6 Å². The molecule has 2 unspecified atom stereocenters. The molecular formula is C17H26Cl2Ti-2. The topological polar surface area (TPSA) is 0 Å². The van der Waals surface area contributed by atoms with Crippen LogP contribution in [-0.2, 0) is 20.0 Å². The number of allylic oxidation sites excluding steroid dienone is 8. The first kappa shape index (κ1) is 28.3. The molecule has 0 N–H and O–H groups in total. The van der Waals surface area contributed by atoms with Gasteiger partial charge in [0.1, 0.15) is 0 Å². The van der Waals surface area contributed by atoms with Crippen molar-refractivity contribution in [3.63, 3.8) is 0 Å². The summed E-state index contributed by atoms with van der Waals surface area (Å²) in [5, 5.41) is 0. The Morgan fingerprint density at radius 3 is 1.15 bits per heavy atom. The fraction of sp³-hybridized carbons (Fsp3) is 0.471. The summed E-state index contributed by atoms with van der Waals surface area (Å²) >= 11 is 2.08. The average molecular weight is 349 g/mol. The Hall–Kier alpha value is 0.124. The van der Waals surface area contributed by atoms with Crippen LogP contribution in [0.5, 0.6) is 0 Å². The summed E-state index contributed by atoms with van der Waals surface area (Å²) in [6.07, 6.45) is 18.3. The van der Waals surface area contributed by atoms with Gasteiger partial charge in [-0.3, -0.25) is 12.2 Å². The summed E-state index contributed by atoms with van der Waals surface area (Å²) in [6, 6.07) is 0. The Balaban J connectivity index is -0.0000000880. The number of hydrogen-bond donors (Lipinski definition) is 0. The SMILES string of the molecule is CC.CC1[C-]=CC=C1.CC1[C-]=CC=C1.C[C](C)=[Ti+2].[Cl-].[Cl-]. The molecule has 0 nitrogen and oxygen atoms in total. The van der Waals surface area contributed by atoms with Gasteiger partial charge in [-0.15, -0.1) is 0 Å². The van der Waals surface area contributed by atoms with E-state index in [1.54, 1.807) is 0 Å². The van der Waals surface area contributed by atoms with E-state index < -0.39 is 0 Å². The van der Waals surface area contributed by atoms with Crippen LogP contribution in [0.2, 0.25) is 0 Å². The third-order valence-corrected chi connectivity index (χ3v) is 1.71. The zero-order valence-corrected chi connectivity index (χ0v) is 16.4. The van der Waals surface area contributed by atoms with Gasteiger partial charge in [0.05, 0.1) is 0 Å². The van der Waals surface area contributed by atoms with E-state index in [0.717, 1.165) is 0 Å². The Bertz CT molecular complexity index is 261. The Morgan fingerprint density at radius 2 is 1.10 bits per heavy atom. The van der Waals surface area contributed by atoms with Gasteiger partial charge in [0.25, 0.3) is 0 Å². The van der Waals surface area contributed by atoms with Crippen LogP contribution in [0.25, 0.3) is 0 Å². The first-order valence-corrected chi connectivity index (χ1v) is 7.34. The normalized spacial score (nSPS) is 19.2. The minimum atomic E-state index is 0. The fourth-order valence-corrected chi connectivity index (χ4v) is 0.970. The molecule has 0 bridgehead atoms. The number of hydrogen-bond acceptors (Lipinski definition) is 0. The molecule has 20 heavy (non-hydrogen) atoms. The maximum atomic E-state index is 3.08. The zero-order valence-electron chi connectivity index (χ0n) is 13.4. The molecule has 2 atom stereocenters. The van der Waals surface area contributed by atoms with Crippen LogP contribution in [0.1, 0.15) is 41.5 Å². The van der Waals surface area contributed by atoms with Gasteiger partial charge in [-0.2, -0.15) is 12.2 Å². The van der Waals surface area contributed by atoms with E-state index in [2.05, 4.69) is 72.0 Å². The molecule has 0 saturated heterocycles. The zero-order chi connectivity index (χ0) is 14.4. The molecule has 2 aliphatic rings. The third-order valence-electron chi connectivity index (χ3n) is 1.71. The Labute approximate surface area is 150 Å². The van der Waals surface area contributed by atoms with Gasteiger partial charge in [0, 0.05) is 0 Å². The molecule has 0 aromatic heterocycles. The molecule has 0 heterocycles. The van der Waals surface area contributed by atoms with Crippen LogP contribution >= 0.6 is 0 Å². The molecule has 0 fully saturated rings. The van der Waals surface area contributed by atoms with Gasteiger partial charge in [0.2, 0.25) is 0 Å². The second kappa shape index (κ2) is 21.4. The van der Waals surface area contributed by atoms with E-state index in [1.807, 2.05) is 38.2 Å². The van der Waals surface area contributed by atoms with Crippen molar-refractivity contribution in [2.45, 2.75) is 41.5 Å². The largest absolute Gasteiger partial charge is 1.00 e. The maximum absolute atomic E-state index is 3.08. The quantitative estimate of drug-likeness (QED) is 0.384. The van der Waals surface area contributed by atoms with Crippen LogP contribution in [0.4, 0.5) is 0 Å². The minimum absolute atomic E-state index is 0. The smallest absolute Gasteiger partial charge is 1.00 e. The molecule has 0 aliphatic heterocycles. The Morgan fingerprint density at radius 1 is 0.850 bits per heavy atom. The van der Waals surface area contributed by atoms with E-state index in [9.17, 15) is 0 Å². The van der Waals surface area contributed by atoms with Crippen LogP contribution in [0, 0.1) is 24.0 Å². The van der Waals surface area contributed by atoms with E-state index in [0.29, 0.717) is 11.8 Å². The van der Waals surface area contributed by atoms with Crippen molar-refractivity contribution >= 4 is 3.81 Å². The summed E-state index contributed by atoms with van der Waals surface area (Å²) in [4.78, 5) is 0. The molecule has 0 spiro atoms. The van der Waals surface area contributed by atoms with Crippen molar-refractivity contribution in [1.82, 2.24) is 0 Å². The van der Waals surface area contributed by atoms with Gasteiger partial charge < -0.3 is 24.8 Å². The summed E-state index contributed by atoms with van der Waals surface area (Å²) in [5.74, 6) is 1.12. The van der Waals surface area contributed by atoms with Crippen molar-refractivity contribution in [1.29, 1.82) is 0 Å². The molecule has 0 aromatic carbocycles. The standard InChI is InChI=1S/2C6H7.C3H6.C2H6.2ClH.Ti/c2*1-6-4-2-3-5-6;1-3-2;1-2;;;/h2*2-4,6H,1H3;1-2H3;1-2H3;2*1H;/q2*-1;;;;;+2/p-2. The second-order valence-corrected chi connectivity index (χ2v) is 5.58. The summed E-state index contributed by atoms with van der Waals surface area (Å²) < 4.78 is 1.42. The molecule has 0 radical (unpaired) electrons. The molecular weight excluding hydrogens is 323 g/mol. The second-order valence-electron chi connectivity index (χ2n) is 4.01. The fourth-order valence-electron chi connectivity index (χ4n) is 0.970. The van der Waals surface area contributed by atoms with Crippen LogP contribution in [0.3, 0.4) is 0 Å². The van der Waals surface area contributed by atoms with E-state index in [1.165, 1.54) is 3.81 Å². The van der Waals surface area contributed by atoms with E-state index >= 15 is 0 Å². The van der Waals surface area contributed by atoms with Crippen molar-refractivity contribution in [3.8, 4) is 0 Å². The molecule has 2 aliphatic carbocycles. The van der Waals surface area contributed by atoms with Gasteiger partial charge in [-0.25, -0.2) is 24.3 Å². The van der Waals surface area contributed by atoms with E-state index in [4.69, 9.17) is 0 Å². The predicted molar refractivity (Wildman–Crippen MR) is 79.9 cm³/mol. The van der Waals surface area contributed by atoms with Gasteiger partial charge in [0.15, 0.2) is 0 Å². The van der Waals surface area contributed by atoms with Crippen LogP contribution in [-0.4, -0.2) is 3.81 Å². The van der Waals surface area contributed by atoms with Crippen molar-refractivity contribution in [2.75, 3.05) is 0 Å². The monoisotopic (exact) mass is 348 g/mol. The summed E-state index contributed by atoms with van der Waals surface area (Å²) in [6.45, 7) is 12.4. The molecule has 0 amide bonds. The minimum Gasteiger partial charge on any atom is -1.00 e. The van der Waals surface area contributed by atoms with Crippen LogP contribution in [0.15, 0.2) is 36.5 Å². The van der Waals surface area contributed by atoms with Crippen molar-refractivity contribution < 1.29 is 44.8 Å². The molecule has 2 rings (SSSR count). The molecule has 0 aromatic rings. The van der Waals surface area contributed by atoms with Crippen LogP contribution < -0.4 is 24.8 Å². The molecule has 3 heteroatoms. The van der Waals surface area contributed by atoms with E-state index in [-0.39, 0.29) is 24.8 Å². The Kier molecular flexibility index (Phi) is 30.3. The summed E-state index contributed by atoms with van der Waals surface area (Å²) in [7, 11) is 0. The van der Waals surface area contributed by atoms with Crippen molar-refractivity contribution in [3.05, 3.63) is 48.6 Å². The predicted octanol–water partition coefficient (Wildman–Crippen LogP) is -1.12. The molecule has 114 valence electrons. The van der Waals surface area contributed by atoms with Gasteiger partial charge in [-0.05, 0) is 0 Å². The first-order valence-electron chi connectivity index (χ1n) is 6.56. The average Bonchev–Trinajstić information content (AvgIpc) is 2.95. The number of halogens is 2. The number of rotatable bonds is 0. The summed E-state index contributed by atoms with van der Waals surface area (Å²) in [5.41, 5.74) is 0. The first-order chi connectivity index (χ1) is 8.52.